The molecule has 0 spiro atoms. The fourth-order valence-electron chi connectivity index (χ4n) is 3.09. The molecular weight excluding hydrogens is 293 g/mol. The first-order chi connectivity index (χ1) is 8.51. The van der Waals surface area contributed by atoms with Crippen molar-refractivity contribution < 1.29 is 4.39 Å². The highest BCUT2D eigenvalue weighted by atomic mass is 79.9. The number of rotatable bonds is 4. The highest BCUT2D eigenvalue weighted by Gasteiger charge is 2.34. The highest BCUT2D eigenvalue weighted by Crippen LogP contribution is 2.31. The third kappa shape index (κ3) is 3.33. The molecule has 0 saturated carbocycles. The first-order valence-electron chi connectivity index (χ1n) is 6.70. The zero-order valence-electron chi connectivity index (χ0n) is 11.1. The molecule has 1 nitrogen and oxygen atoms in total. The van der Waals surface area contributed by atoms with Crippen molar-refractivity contribution in [2.75, 3.05) is 6.54 Å². The molecule has 100 valence electrons. The molecule has 2 rings (SSSR count). The van der Waals surface area contributed by atoms with Crippen LogP contribution >= 0.6 is 15.9 Å². The first-order valence-corrected chi connectivity index (χ1v) is 7.49. The van der Waals surface area contributed by atoms with E-state index in [1.54, 1.807) is 6.07 Å². The average Bonchev–Trinajstić information content (AvgIpc) is 2.71. The standard InChI is InChI=1S/C15H21BrFN/c1-11(2)9-15(6-3-7-18-15)10-12-4-5-13(16)14(17)8-12/h4-5,8,11,18H,3,6-7,9-10H2,1-2H3. The van der Waals surface area contributed by atoms with E-state index in [4.69, 9.17) is 0 Å². The predicted molar refractivity (Wildman–Crippen MR) is 77.2 cm³/mol. The molecule has 3 heteroatoms. The molecule has 0 aliphatic carbocycles. The Morgan fingerprint density at radius 2 is 2.22 bits per heavy atom. The van der Waals surface area contributed by atoms with E-state index in [2.05, 4.69) is 35.1 Å². The molecule has 0 radical (unpaired) electrons. The number of nitrogens with one attached hydrogen (secondary N) is 1. The van der Waals surface area contributed by atoms with Gasteiger partial charge in [-0.3, -0.25) is 0 Å². The van der Waals surface area contributed by atoms with E-state index in [1.807, 2.05) is 12.1 Å². The molecule has 0 amide bonds. The lowest BCUT2D eigenvalue weighted by Crippen LogP contribution is -2.43. The molecule has 1 saturated heterocycles. The SMILES string of the molecule is CC(C)CC1(Cc2ccc(Br)c(F)c2)CCCN1. The van der Waals surface area contributed by atoms with Crippen molar-refractivity contribution in [3.8, 4) is 0 Å². The van der Waals surface area contributed by atoms with Crippen LogP contribution in [0.4, 0.5) is 4.39 Å². The minimum absolute atomic E-state index is 0.162. The van der Waals surface area contributed by atoms with Crippen molar-refractivity contribution in [3.63, 3.8) is 0 Å². The van der Waals surface area contributed by atoms with Crippen LogP contribution in [-0.2, 0) is 6.42 Å². The molecule has 1 unspecified atom stereocenters. The van der Waals surface area contributed by atoms with Crippen molar-refractivity contribution in [2.45, 2.75) is 45.1 Å². The average molecular weight is 314 g/mol. The Morgan fingerprint density at radius 3 is 2.78 bits per heavy atom. The van der Waals surface area contributed by atoms with Gasteiger partial charge in [0.25, 0.3) is 0 Å². The van der Waals surface area contributed by atoms with Crippen LogP contribution in [0.5, 0.6) is 0 Å². The summed E-state index contributed by atoms with van der Waals surface area (Å²) in [5.41, 5.74) is 1.26. The number of hydrogen-bond acceptors (Lipinski definition) is 1. The fourth-order valence-corrected chi connectivity index (χ4v) is 3.33. The van der Waals surface area contributed by atoms with E-state index in [0.29, 0.717) is 10.4 Å². The maximum absolute atomic E-state index is 13.6. The van der Waals surface area contributed by atoms with Crippen LogP contribution in [0.15, 0.2) is 22.7 Å². The Kier molecular flexibility index (Phi) is 4.44. The zero-order chi connectivity index (χ0) is 13.2. The highest BCUT2D eigenvalue weighted by molar-refractivity contribution is 9.10. The van der Waals surface area contributed by atoms with Gasteiger partial charge in [0.15, 0.2) is 0 Å². The van der Waals surface area contributed by atoms with Crippen LogP contribution in [0, 0.1) is 11.7 Å². The van der Waals surface area contributed by atoms with Crippen molar-refractivity contribution in [3.05, 3.63) is 34.1 Å². The van der Waals surface area contributed by atoms with Gasteiger partial charge in [-0.2, -0.15) is 0 Å². The Bertz CT molecular complexity index is 411. The summed E-state index contributed by atoms with van der Waals surface area (Å²) >= 11 is 3.21. The smallest absolute Gasteiger partial charge is 0.137 e. The quantitative estimate of drug-likeness (QED) is 0.874. The van der Waals surface area contributed by atoms with Gasteiger partial charge in [-0.1, -0.05) is 19.9 Å². The van der Waals surface area contributed by atoms with Gasteiger partial charge >= 0.3 is 0 Å². The third-order valence-corrected chi connectivity index (χ3v) is 4.30. The first kappa shape index (κ1) is 14.0. The van der Waals surface area contributed by atoms with Gasteiger partial charge < -0.3 is 5.32 Å². The van der Waals surface area contributed by atoms with Gasteiger partial charge in [0, 0.05) is 5.54 Å². The second-order valence-electron chi connectivity index (χ2n) is 5.83. The maximum atomic E-state index is 13.6. The number of halogens is 2. The summed E-state index contributed by atoms with van der Waals surface area (Å²) in [5.74, 6) is 0.501. The van der Waals surface area contributed by atoms with Gasteiger partial charge in [-0.05, 0) is 71.8 Å². The minimum Gasteiger partial charge on any atom is -0.311 e. The van der Waals surface area contributed by atoms with Crippen molar-refractivity contribution in [1.82, 2.24) is 5.32 Å². The lowest BCUT2D eigenvalue weighted by molar-refractivity contribution is 0.301. The van der Waals surface area contributed by atoms with Crippen molar-refractivity contribution in [2.24, 2.45) is 5.92 Å². The topological polar surface area (TPSA) is 12.0 Å². The molecule has 1 fully saturated rings. The van der Waals surface area contributed by atoms with E-state index >= 15 is 0 Å². The van der Waals surface area contributed by atoms with E-state index in [-0.39, 0.29) is 11.4 Å². The third-order valence-electron chi connectivity index (χ3n) is 3.66. The van der Waals surface area contributed by atoms with Crippen LogP contribution < -0.4 is 5.32 Å². The van der Waals surface area contributed by atoms with Gasteiger partial charge in [0.1, 0.15) is 5.82 Å². The van der Waals surface area contributed by atoms with Crippen LogP contribution in [0.1, 0.15) is 38.7 Å². The lowest BCUT2D eigenvalue weighted by atomic mass is 9.82. The van der Waals surface area contributed by atoms with E-state index in [0.717, 1.165) is 24.9 Å². The van der Waals surface area contributed by atoms with Crippen LogP contribution in [0.25, 0.3) is 0 Å². The molecule has 1 aromatic carbocycles. The van der Waals surface area contributed by atoms with Gasteiger partial charge in [0.05, 0.1) is 4.47 Å². The number of benzene rings is 1. The Labute approximate surface area is 117 Å². The lowest BCUT2D eigenvalue weighted by Gasteiger charge is -2.31. The Morgan fingerprint density at radius 1 is 1.44 bits per heavy atom. The number of hydrogen-bond donors (Lipinski definition) is 1. The summed E-state index contributed by atoms with van der Waals surface area (Å²) in [4.78, 5) is 0. The molecule has 1 N–H and O–H groups in total. The summed E-state index contributed by atoms with van der Waals surface area (Å²) < 4.78 is 14.1. The Balaban J connectivity index is 2.15. The van der Waals surface area contributed by atoms with E-state index < -0.39 is 0 Å². The summed E-state index contributed by atoms with van der Waals surface area (Å²) in [6, 6.07) is 5.49. The molecular formula is C15H21BrFN. The second-order valence-corrected chi connectivity index (χ2v) is 6.69. The molecule has 1 aromatic rings. The minimum atomic E-state index is -0.162. The monoisotopic (exact) mass is 313 g/mol. The summed E-state index contributed by atoms with van der Waals surface area (Å²) in [7, 11) is 0. The molecule has 1 heterocycles. The maximum Gasteiger partial charge on any atom is 0.137 e. The molecule has 1 atom stereocenters. The Hall–Kier alpha value is -0.410. The zero-order valence-corrected chi connectivity index (χ0v) is 12.7. The summed E-state index contributed by atoms with van der Waals surface area (Å²) in [5, 5.41) is 3.65. The molecule has 1 aliphatic rings. The van der Waals surface area contributed by atoms with Crippen molar-refractivity contribution >= 4 is 15.9 Å². The largest absolute Gasteiger partial charge is 0.311 e. The van der Waals surface area contributed by atoms with Crippen LogP contribution in [0.3, 0.4) is 0 Å². The normalized spacial score (nSPS) is 23.8. The summed E-state index contributed by atoms with van der Waals surface area (Å²) in [6.45, 7) is 5.60. The second kappa shape index (κ2) is 5.70. The van der Waals surface area contributed by atoms with E-state index in [9.17, 15) is 4.39 Å². The molecule has 0 aromatic heterocycles. The molecule has 1 aliphatic heterocycles. The van der Waals surface area contributed by atoms with Gasteiger partial charge in [0.2, 0.25) is 0 Å². The van der Waals surface area contributed by atoms with E-state index in [1.165, 1.54) is 12.8 Å². The van der Waals surface area contributed by atoms with Gasteiger partial charge in [-0.25, -0.2) is 4.39 Å². The van der Waals surface area contributed by atoms with Crippen LogP contribution in [0.2, 0.25) is 0 Å². The van der Waals surface area contributed by atoms with Crippen LogP contribution in [-0.4, -0.2) is 12.1 Å². The predicted octanol–water partition coefficient (Wildman–Crippen LogP) is 4.30. The van der Waals surface area contributed by atoms with Crippen molar-refractivity contribution in [1.29, 1.82) is 0 Å². The van der Waals surface area contributed by atoms with Gasteiger partial charge in [-0.15, -0.1) is 0 Å². The fraction of sp³-hybridized carbons (Fsp3) is 0.600. The molecule has 18 heavy (non-hydrogen) atoms. The molecule has 0 bridgehead atoms. The summed E-state index contributed by atoms with van der Waals surface area (Å²) in [6.07, 6.45) is 4.51.